The number of fused-ring (bicyclic) bond motifs is 2. The Bertz CT molecular complexity index is 1590. The number of hydrogen-bond acceptors (Lipinski definition) is 8. The number of ketones is 1. The molecule has 3 amide bonds. The number of Topliss-reactive ketones (excluding diaryl/α,β-unsaturated/α-hetero) is 1. The summed E-state index contributed by atoms with van der Waals surface area (Å²) < 4.78 is 6.67. The van der Waals surface area contributed by atoms with Crippen molar-refractivity contribution in [2.75, 3.05) is 13.2 Å². The summed E-state index contributed by atoms with van der Waals surface area (Å²) in [4.78, 5) is 59.1. The molecule has 0 radical (unpaired) electrons. The van der Waals surface area contributed by atoms with Gasteiger partial charge in [-0.15, -0.1) is 11.3 Å². The van der Waals surface area contributed by atoms with E-state index in [1.54, 1.807) is 13.0 Å². The number of thiazole rings is 1. The minimum atomic E-state index is -0.914. The largest absolute Gasteiger partial charge is 0.493 e. The number of hydrogen-bond donors (Lipinski definition) is 4. The molecule has 1 fully saturated rings. The van der Waals surface area contributed by atoms with Crippen LogP contribution < -0.4 is 26.4 Å². The molecule has 1 aliphatic heterocycles. The molecule has 2 aliphatic rings. The molecule has 0 bridgehead atoms. The van der Waals surface area contributed by atoms with E-state index in [2.05, 4.69) is 20.9 Å². The summed E-state index contributed by atoms with van der Waals surface area (Å²) in [7, 11) is 0. The average Bonchev–Trinajstić information content (AvgIpc) is 3.76. The maximum absolute atomic E-state index is 14.2. The molecular formula is C36H46ClN5O5S. The third-order valence-corrected chi connectivity index (χ3v) is 10.6. The van der Waals surface area contributed by atoms with Crippen LogP contribution in [0.4, 0.5) is 0 Å². The Labute approximate surface area is 290 Å². The van der Waals surface area contributed by atoms with E-state index in [1.807, 2.05) is 36.4 Å². The van der Waals surface area contributed by atoms with Crippen LogP contribution in [0, 0.1) is 11.8 Å². The lowest BCUT2D eigenvalue weighted by molar-refractivity contribution is -0.134. The van der Waals surface area contributed by atoms with E-state index in [9.17, 15) is 19.2 Å². The highest BCUT2D eigenvalue weighted by Gasteiger charge is 2.36. The van der Waals surface area contributed by atoms with Gasteiger partial charge < -0.3 is 26.4 Å². The van der Waals surface area contributed by atoms with Gasteiger partial charge in [-0.25, -0.2) is 4.98 Å². The normalized spacial score (nSPS) is 17.9. The molecule has 4 atom stereocenters. The molecule has 0 spiro atoms. The van der Waals surface area contributed by atoms with Crippen molar-refractivity contribution in [1.29, 1.82) is 0 Å². The number of amides is 3. The number of para-hydroxylation sites is 1. The van der Waals surface area contributed by atoms with Gasteiger partial charge in [-0.3, -0.25) is 19.2 Å². The first kappa shape index (κ1) is 35.8. The second-order valence-corrected chi connectivity index (χ2v) is 14.4. The van der Waals surface area contributed by atoms with Crippen LogP contribution >= 0.6 is 22.9 Å². The van der Waals surface area contributed by atoms with Crippen molar-refractivity contribution < 1.29 is 23.9 Å². The fourth-order valence-corrected chi connectivity index (χ4v) is 8.02. The van der Waals surface area contributed by atoms with Crippen LogP contribution in [0.2, 0.25) is 5.02 Å². The third-order valence-electron chi connectivity index (χ3n) is 9.36. The highest BCUT2D eigenvalue weighted by atomic mass is 35.5. The number of carbonyl (C=O) groups is 4. The first-order valence-corrected chi connectivity index (χ1v) is 18.3. The predicted molar refractivity (Wildman–Crippen MR) is 188 cm³/mol. The first-order chi connectivity index (χ1) is 23.2. The van der Waals surface area contributed by atoms with Crippen molar-refractivity contribution >= 4 is 56.7 Å². The number of unbranched alkanes of at least 4 members (excludes halogenated alkanes) is 1. The van der Waals surface area contributed by atoms with Crippen molar-refractivity contribution in [2.24, 2.45) is 17.6 Å². The van der Waals surface area contributed by atoms with Gasteiger partial charge in [0.05, 0.1) is 33.9 Å². The van der Waals surface area contributed by atoms with E-state index < -0.39 is 23.9 Å². The second-order valence-electron chi connectivity index (χ2n) is 12.8. The van der Waals surface area contributed by atoms with Crippen molar-refractivity contribution in [2.45, 2.75) is 95.7 Å². The van der Waals surface area contributed by atoms with Gasteiger partial charge in [0, 0.05) is 42.2 Å². The minimum Gasteiger partial charge on any atom is -0.493 e. The number of aromatic nitrogens is 1. The molecule has 5 rings (SSSR count). The molecule has 1 saturated carbocycles. The number of rotatable bonds is 16. The zero-order valence-corrected chi connectivity index (χ0v) is 29.0. The van der Waals surface area contributed by atoms with Gasteiger partial charge in [-0.05, 0) is 62.4 Å². The molecule has 0 unspecified atom stereocenters. The quantitative estimate of drug-likeness (QED) is 0.146. The molecule has 2 aromatic carbocycles. The summed E-state index contributed by atoms with van der Waals surface area (Å²) in [6, 6.07) is 11.2. The number of halogens is 1. The number of nitrogens with one attached hydrogen (secondary N) is 3. The van der Waals surface area contributed by atoms with Crippen molar-refractivity contribution in [3.05, 3.63) is 58.1 Å². The van der Waals surface area contributed by atoms with Gasteiger partial charge in [0.25, 0.3) is 0 Å². The second kappa shape index (κ2) is 17.2. The van der Waals surface area contributed by atoms with Crippen molar-refractivity contribution in [3.63, 3.8) is 0 Å². The summed E-state index contributed by atoms with van der Waals surface area (Å²) in [5, 5.41) is 10.4. The lowest BCUT2D eigenvalue weighted by Gasteiger charge is -2.30. The Hall–Kier alpha value is -3.54. The number of carbonyl (C=O) groups excluding carboxylic acids is 4. The molecule has 12 heteroatoms. The fraction of sp³-hybridized carbons (Fsp3) is 0.528. The number of nitrogens with zero attached hydrogens (tertiary/aromatic N) is 1. The van der Waals surface area contributed by atoms with Crippen LogP contribution in [0.25, 0.3) is 10.2 Å². The van der Waals surface area contributed by atoms with E-state index in [0.29, 0.717) is 42.4 Å². The summed E-state index contributed by atoms with van der Waals surface area (Å²) in [5.74, 6) is -0.883. The molecule has 0 saturated heterocycles. The van der Waals surface area contributed by atoms with E-state index in [-0.39, 0.29) is 48.8 Å². The first-order valence-electron chi connectivity index (χ1n) is 17.1. The van der Waals surface area contributed by atoms with E-state index in [4.69, 9.17) is 22.1 Å². The Morgan fingerprint density at radius 2 is 1.83 bits per heavy atom. The lowest BCUT2D eigenvalue weighted by Crippen LogP contribution is -2.54. The molecule has 10 nitrogen and oxygen atoms in total. The Kier molecular flexibility index (Phi) is 12.8. The van der Waals surface area contributed by atoms with Crippen LogP contribution in [0.1, 0.15) is 87.7 Å². The van der Waals surface area contributed by atoms with Gasteiger partial charge >= 0.3 is 0 Å². The van der Waals surface area contributed by atoms with Gasteiger partial charge in [0.15, 0.2) is 5.78 Å². The lowest BCUT2D eigenvalue weighted by atomic mass is 9.86. The molecule has 3 aromatic rings. The van der Waals surface area contributed by atoms with E-state index >= 15 is 0 Å². The monoisotopic (exact) mass is 695 g/mol. The fourth-order valence-electron chi connectivity index (χ4n) is 6.73. The molecule has 1 aromatic heterocycles. The van der Waals surface area contributed by atoms with E-state index in [1.165, 1.54) is 11.3 Å². The van der Waals surface area contributed by atoms with Crippen LogP contribution in [0.3, 0.4) is 0 Å². The number of benzene rings is 2. The summed E-state index contributed by atoms with van der Waals surface area (Å²) >= 11 is 7.59. The van der Waals surface area contributed by atoms with Gasteiger partial charge in [0.2, 0.25) is 17.7 Å². The van der Waals surface area contributed by atoms with E-state index in [0.717, 1.165) is 53.6 Å². The maximum atomic E-state index is 14.2. The van der Waals surface area contributed by atoms with Crippen LogP contribution in [-0.4, -0.2) is 53.7 Å². The van der Waals surface area contributed by atoms with Crippen molar-refractivity contribution in [1.82, 2.24) is 20.9 Å². The topological polar surface area (TPSA) is 153 Å². The molecule has 48 heavy (non-hydrogen) atoms. The number of nitrogens with two attached hydrogens (primary N) is 1. The standard InChI is InChI=1S/C36H46ClN5O5S/c1-2-32(44)39-28(21-33-40-27-15-14-24(37)20-31(27)48-33)36(46)42-34(22-9-3-4-10-22)29(43)19-23(11-7-8-17-38)35(45)41-26-16-18-47-30-13-6-5-12-25(26)30/h5-6,12-15,20,22-23,26,28,34H,2-4,7-11,16-19,21,38H2,1H3,(H,39,44)(H,41,45)(H,42,46)/t23-,26-,28+,34+/m1/s1. The Balaban J connectivity index is 1.32. The summed E-state index contributed by atoms with van der Waals surface area (Å²) in [5.41, 5.74) is 7.46. The molecule has 258 valence electrons. The minimum absolute atomic E-state index is 0.00727. The molecule has 5 N–H and O–H groups in total. The Morgan fingerprint density at radius 3 is 2.60 bits per heavy atom. The smallest absolute Gasteiger partial charge is 0.243 e. The van der Waals surface area contributed by atoms with Crippen LogP contribution in [0.15, 0.2) is 42.5 Å². The highest BCUT2D eigenvalue weighted by molar-refractivity contribution is 7.18. The zero-order chi connectivity index (χ0) is 34.0. The molecular weight excluding hydrogens is 650 g/mol. The van der Waals surface area contributed by atoms with Crippen LogP contribution in [-0.2, 0) is 25.6 Å². The molecule has 1 aliphatic carbocycles. The highest BCUT2D eigenvalue weighted by Crippen LogP contribution is 2.33. The van der Waals surface area contributed by atoms with Gasteiger partial charge in [-0.1, -0.05) is 56.0 Å². The number of ether oxygens (including phenoxy) is 1. The zero-order valence-electron chi connectivity index (χ0n) is 27.5. The van der Waals surface area contributed by atoms with Gasteiger partial charge in [0.1, 0.15) is 11.8 Å². The average molecular weight is 696 g/mol. The Morgan fingerprint density at radius 1 is 1.04 bits per heavy atom. The SMILES string of the molecule is CCC(=O)N[C@@H](Cc1nc2ccc(Cl)cc2s1)C(=O)N[C@H](C(=O)C[C@@H](CCCCN)C(=O)N[C@@H]1CCOc2ccccc21)C1CCCC1. The summed E-state index contributed by atoms with van der Waals surface area (Å²) in [6.45, 7) is 2.72. The van der Waals surface area contributed by atoms with Gasteiger partial charge in [-0.2, -0.15) is 0 Å². The predicted octanol–water partition coefficient (Wildman–Crippen LogP) is 5.41. The van der Waals surface area contributed by atoms with Crippen LogP contribution in [0.5, 0.6) is 5.75 Å². The van der Waals surface area contributed by atoms with Crippen molar-refractivity contribution in [3.8, 4) is 5.75 Å². The third kappa shape index (κ3) is 9.33. The summed E-state index contributed by atoms with van der Waals surface area (Å²) in [6.07, 6.45) is 6.57. The maximum Gasteiger partial charge on any atom is 0.243 e. The molecule has 2 heterocycles.